The molecule has 0 saturated carbocycles. The van der Waals surface area contributed by atoms with Crippen LogP contribution in [0.25, 0.3) is 11.0 Å². The van der Waals surface area contributed by atoms with Crippen LogP contribution in [0.4, 0.5) is 26.3 Å². The maximum atomic E-state index is 13.0. The monoisotopic (exact) mass is 404 g/mol. The first-order chi connectivity index (χ1) is 12.9. The largest absolute Gasteiger partial charge is 0.416 e. The molecule has 11 heteroatoms. The number of aromatic nitrogens is 4. The first-order valence-corrected chi connectivity index (χ1v) is 8.11. The van der Waals surface area contributed by atoms with E-state index in [9.17, 15) is 31.1 Å². The highest BCUT2D eigenvalue weighted by molar-refractivity contribution is 5.76. The van der Waals surface area contributed by atoms with Crippen molar-refractivity contribution < 1.29 is 26.3 Å². The fourth-order valence-electron chi connectivity index (χ4n) is 2.78. The Labute approximate surface area is 153 Å². The van der Waals surface area contributed by atoms with Gasteiger partial charge >= 0.3 is 12.4 Å². The van der Waals surface area contributed by atoms with Crippen molar-refractivity contribution >= 4 is 11.0 Å². The number of nitrogens with one attached hydrogen (secondary N) is 2. The molecule has 3 rings (SSSR count). The molecular weight excluding hydrogens is 390 g/mol. The fourth-order valence-corrected chi connectivity index (χ4v) is 2.78. The predicted octanol–water partition coefficient (Wildman–Crippen LogP) is 4.40. The zero-order chi connectivity index (χ0) is 20.9. The Morgan fingerprint density at radius 2 is 1.57 bits per heavy atom. The molecule has 0 atom stereocenters. The van der Waals surface area contributed by atoms with Gasteiger partial charge < -0.3 is 4.98 Å². The molecule has 0 amide bonds. The van der Waals surface area contributed by atoms with Gasteiger partial charge in [0.1, 0.15) is 16.9 Å². The molecule has 0 radical (unpaired) electrons. The highest BCUT2D eigenvalue weighted by Gasteiger charge is 2.36. The van der Waals surface area contributed by atoms with E-state index < -0.39 is 35.5 Å². The quantitative estimate of drug-likeness (QED) is 0.636. The summed E-state index contributed by atoms with van der Waals surface area (Å²) in [7, 11) is 0. The summed E-state index contributed by atoms with van der Waals surface area (Å²) in [4.78, 5) is 18.7. The highest BCUT2D eigenvalue weighted by atomic mass is 19.4. The molecule has 150 valence electrons. The van der Waals surface area contributed by atoms with E-state index in [2.05, 4.69) is 20.2 Å². The maximum absolute atomic E-state index is 13.0. The van der Waals surface area contributed by atoms with E-state index in [1.165, 1.54) is 0 Å². The molecule has 0 spiro atoms. The number of rotatable bonds is 3. The second-order valence-corrected chi connectivity index (χ2v) is 6.59. The molecule has 3 aromatic rings. The van der Waals surface area contributed by atoms with Crippen molar-refractivity contribution in [3.63, 3.8) is 0 Å². The number of benzene rings is 1. The van der Waals surface area contributed by atoms with Crippen LogP contribution >= 0.6 is 0 Å². The number of hydrogen-bond donors (Lipinski definition) is 2. The molecule has 5 nitrogen and oxygen atoms in total. The lowest BCUT2D eigenvalue weighted by Gasteiger charge is -2.14. The maximum Gasteiger partial charge on any atom is 0.416 e. The van der Waals surface area contributed by atoms with Crippen LogP contribution in [-0.2, 0) is 18.8 Å². The van der Waals surface area contributed by atoms with Gasteiger partial charge in [-0.1, -0.05) is 13.8 Å². The van der Waals surface area contributed by atoms with Crippen molar-refractivity contribution in [1.29, 1.82) is 0 Å². The van der Waals surface area contributed by atoms with Gasteiger partial charge in [-0.2, -0.15) is 31.4 Å². The molecule has 0 unspecified atom stereocenters. The van der Waals surface area contributed by atoms with Crippen molar-refractivity contribution in [2.75, 3.05) is 0 Å². The summed E-state index contributed by atoms with van der Waals surface area (Å²) >= 11 is 0. The van der Waals surface area contributed by atoms with Gasteiger partial charge in [0.25, 0.3) is 5.56 Å². The molecule has 2 heterocycles. The Kier molecular flexibility index (Phi) is 4.72. The number of hydrogen-bond acceptors (Lipinski definition) is 3. The minimum atomic E-state index is -4.95. The second-order valence-electron chi connectivity index (χ2n) is 6.59. The van der Waals surface area contributed by atoms with Crippen LogP contribution < -0.4 is 5.56 Å². The van der Waals surface area contributed by atoms with Crippen LogP contribution in [0.2, 0.25) is 0 Å². The predicted molar refractivity (Wildman–Crippen MR) is 87.9 cm³/mol. The van der Waals surface area contributed by atoms with E-state index >= 15 is 0 Å². The summed E-state index contributed by atoms with van der Waals surface area (Å²) < 4.78 is 78.0. The zero-order valence-electron chi connectivity index (χ0n) is 14.6. The highest BCUT2D eigenvalue weighted by Crippen LogP contribution is 2.36. The van der Waals surface area contributed by atoms with Crippen molar-refractivity contribution in [3.8, 4) is 0 Å². The van der Waals surface area contributed by atoms with E-state index in [1.54, 1.807) is 13.8 Å². The van der Waals surface area contributed by atoms with Gasteiger partial charge in [-0.25, -0.2) is 4.98 Å². The molecule has 0 aliphatic carbocycles. The Morgan fingerprint density at radius 3 is 2.07 bits per heavy atom. The number of fused-ring (bicyclic) bond motifs is 1. The number of halogens is 6. The molecule has 0 saturated heterocycles. The Bertz CT molecular complexity index is 1050. The molecule has 0 fully saturated rings. The summed E-state index contributed by atoms with van der Waals surface area (Å²) in [6.07, 6.45) is -10.3. The van der Waals surface area contributed by atoms with Crippen molar-refractivity contribution in [2.45, 2.75) is 38.5 Å². The lowest BCUT2D eigenvalue weighted by atomic mass is 10.0. The van der Waals surface area contributed by atoms with Gasteiger partial charge in [-0.3, -0.25) is 9.89 Å². The lowest BCUT2D eigenvalue weighted by molar-refractivity contribution is -0.143. The normalized spacial score (nSPS) is 12.9. The van der Waals surface area contributed by atoms with Crippen LogP contribution in [0.5, 0.6) is 0 Å². The van der Waals surface area contributed by atoms with Crippen molar-refractivity contribution in [3.05, 3.63) is 56.8 Å². The van der Waals surface area contributed by atoms with Crippen LogP contribution in [-0.4, -0.2) is 20.2 Å². The number of H-pyrrole nitrogens is 2. The van der Waals surface area contributed by atoms with Gasteiger partial charge in [0.2, 0.25) is 0 Å². The molecule has 28 heavy (non-hydrogen) atoms. The molecule has 0 aliphatic rings. The van der Waals surface area contributed by atoms with E-state index in [0.717, 1.165) is 0 Å². The van der Waals surface area contributed by atoms with Crippen LogP contribution in [0.15, 0.2) is 23.0 Å². The summed E-state index contributed by atoms with van der Waals surface area (Å²) in [5.41, 5.74) is -2.94. The van der Waals surface area contributed by atoms with Crippen molar-refractivity contribution in [2.24, 2.45) is 0 Å². The first kappa shape index (κ1) is 19.9. The van der Waals surface area contributed by atoms with Gasteiger partial charge in [0.05, 0.1) is 16.8 Å². The average molecular weight is 404 g/mol. The third-order valence-corrected chi connectivity index (χ3v) is 4.07. The van der Waals surface area contributed by atoms with Gasteiger partial charge in [0.15, 0.2) is 0 Å². The summed E-state index contributed by atoms with van der Waals surface area (Å²) in [6.45, 7) is 3.61. The average Bonchev–Trinajstić information content (AvgIpc) is 2.97. The number of aromatic amines is 2. The summed E-state index contributed by atoms with van der Waals surface area (Å²) in [5, 5.41) is 6.52. The summed E-state index contributed by atoms with van der Waals surface area (Å²) in [6, 6.07) is 1.27. The lowest BCUT2D eigenvalue weighted by Crippen LogP contribution is -2.14. The van der Waals surface area contributed by atoms with Crippen LogP contribution in [0, 0.1) is 0 Å². The second kappa shape index (κ2) is 6.64. The third-order valence-electron chi connectivity index (χ3n) is 4.07. The Hall–Kier alpha value is -2.85. The molecular formula is C17H14F6N4O. The molecule has 2 N–H and O–H groups in total. The fraction of sp³-hybridized carbons (Fsp3) is 0.353. The topological polar surface area (TPSA) is 74.4 Å². The number of alkyl halides is 6. The van der Waals surface area contributed by atoms with E-state index in [4.69, 9.17) is 0 Å². The first-order valence-electron chi connectivity index (χ1n) is 8.11. The van der Waals surface area contributed by atoms with Crippen molar-refractivity contribution in [1.82, 2.24) is 20.2 Å². The molecule has 0 bridgehead atoms. The minimum absolute atomic E-state index is 0.0514. The minimum Gasteiger partial charge on any atom is -0.308 e. The smallest absolute Gasteiger partial charge is 0.308 e. The van der Waals surface area contributed by atoms with E-state index in [-0.39, 0.29) is 34.4 Å². The van der Waals surface area contributed by atoms with Gasteiger partial charge in [0, 0.05) is 6.42 Å². The molecule has 0 aliphatic heterocycles. The van der Waals surface area contributed by atoms with Crippen LogP contribution in [0.1, 0.15) is 48.0 Å². The SMILES string of the molecule is CC(C)c1n[nH]c2c(=O)[nH]c(Cc3cc(C(F)(F)F)cc(C(F)(F)F)c3)nc12. The van der Waals surface area contributed by atoms with Gasteiger partial charge in [-0.05, 0) is 29.7 Å². The van der Waals surface area contributed by atoms with Gasteiger partial charge in [-0.15, -0.1) is 0 Å². The molecule has 1 aromatic carbocycles. The third kappa shape index (κ3) is 3.87. The molecule has 2 aromatic heterocycles. The standard InChI is InChI=1S/C17H14F6N4O/c1-7(2)12-13-14(27-26-12)15(28)25-11(24-13)5-8-3-9(16(18,19)20)6-10(4-8)17(21,22)23/h3-4,6-7H,5H2,1-2H3,(H,26,27)(H,24,25,28). The number of nitrogens with zero attached hydrogens (tertiary/aromatic N) is 2. The summed E-state index contributed by atoms with van der Waals surface area (Å²) in [5.74, 6) is -0.158. The van der Waals surface area contributed by atoms with E-state index in [0.29, 0.717) is 17.8 Å². The Balaban J connectivity index is 2.10. The Morgan fingerprint density at radius 1 is 1.00 bits per heavy atom. The van der Waals surface area contributed by atoms with E-state index in [1.807, 2.05) is 0 Å². The zero-order valence-corrected chi connectivity index (χ0v) is 14.6. The van der Waals surface area contributed by atoms with Crippen LogP contribution in [0.3, 0.4) is 0 Å².